The molecule has 53 heavy (non-hydrogen) atoms. The zero-order valence-electron chi connectivity index (χ0n) is 31.3. The largest absolute Gasteiger partial charge is 0.462 e. The average Bonchev–Trinajstić information content (AvgIpc) is 3.12. The highest BCUT2D eigenvalue weighted by atomic mass is 16.6. The fourth-order valence-corrected chi connectivity index (χ4v) is 5.36. The number of carbonyl (C=O) groups is 6. The highest BCUT2D eigenvalue weighted by molar-refractivity contribution is 5.94. The minimum atomic E-state index is -1.26. The van der Waals surface area contributed by atoms with E-state index < -0.39 is 65.5 Å². The van der Waals surface area contributed by atoms with E-state index in [0.717, 1.165) is 43.2 Å². The van der Waals surface area contributed by atoms with Crippen molar-refractivity contribution in [1.29, 1.82) is 0 Å². The van der Waals surface area contributed by atoms with Crippen LogP contribution in [0.15, 0.2) is 60.7 Å². The Bertz CT molecular complexity index is 1490. The Hall–Kier alpha value is -4.98. The third-order valence-corrected chi connectivity index (χ3v) is 8.21. The van der Waals surface area contributed by atoms with Gasteiger partial charge in [0.15, 0.2) is 0 Å². The molecule has 14 heteroatoms. The lowest BCUT2D eigenvalue weighted by atomic mass is 9.98. The number of benzene rings is 2. The Labute approximate surface area is 311 Å². The molecule has 4 atom stereocenters. The first-order chi connectivity index (χ1) is 25.2. The minimum absolute atomic E-state index is 0.0168. The van der Waals surface area contributed by atoms with Gasteiger partial charge in [0.2, 0.25) is 17.7 Å². The summed E-state index contributed by atoms with van der Waals surface area (Å²) in [4.78, 5) is 78.1. The molecule has 4 amide bonds. The lowest BCUT2D eigenvalue weighted by Crippen LogP contribution is -2.58. The first kappa shape index (κ1) is 42.4. The number of hydrogen-bond acceptors (Lipinski definition) is 10. The zero-order chi connectivity index (χ0) is 38.8. The summed E-state index contributed by atoms with van der Waals surface area (Å²) in [5, 5.41) is 10.2. The van der Waals surface area contributed by atoms with Gasteiger partial charge in [-0.05, 0) is 77.8 Å². The fourth-order valence-electron chi connectivity index (χ4n) is 5.36. The van der Waals surface area contributed by atoms with E-state index in [1.165, 1.54) is 13.8 Å². The Morgan fingerprint density at radius 1 is 0.698 bits per heavy atom. The maximum Gasteiger partial charge on any atom is 0.408 e. The summed E-state index contributed by atoms with van der Waals surface area (Å²) < 4.78 is 22.0. The number of nitrogens with one attached hydrogen (secondary N) is 4. The first-order valence-electron chi connectivity index (χ1n) is 18.1. The van der Waals surface area contributed by atoms with Gasteiger partial charge in [0.1, 0.15) is 42.5 Å². The number of carbonyl (C=O) groups excluding carboxylic acids is 6. The van der Waals surface area contributed by atoms with Crippen LogP contribution in [-0.4, -0.2) is 78.2 Å². The number of rotatable bonds is 18. The molecule has 1 saturated carbocycles. The maximum atomic E-state index is 13.4. The highest BCUT2D eigenvalue weighted by Gasteiger charge is 2.31. The van der Waals surface area contributed by atoms with E-state index in [0.29, 0.717) is 0 Å². The molecule has 0 saturated heterocycles. The van der Waals surface area contributed by atoms with Crippen LogP contribution in [0.3, 0.4) is 0 Å². The Morgan fingerprint density at radius 3 is 1.87 bits per heavy atom. The molecule has 0 aromatic heterocycles. The van der Waals surface area contributed by atoms with Gasteiger partial charge in [-0.1, -0.05) is 67.1 Å². The number of amides is 4. The van der Waals surface area contributed by atoms with Crippen LogP contribution >= 0.6 is 0 Å². The molecule has 1 aliphatic rings. The van der Waals surface area contributed by atoms with E-state index in [4.69, 9.17) is 18.9 Å². The van der Waals surface area contributed by atoms with Crippen molar-refractivity contribution in [3.8, 4) is 0 Å². The van der Waals surface area contributed by atoms with Gasteiger partial charge in [0, 0.05) is 6.42 Å². The Morgan fingerprint density at radius 2 is 1.26 bits per heavy atom. The molecular weight excluding hydrogens is 684 g/mol. The molecule has 1 aliphatic carbocycles. The number of hydrogen-bond donors (Lipinski definition) is 4. The molecule has 3 rings (SSSR count). The summed E-state index contributed by atoms with van der Waals surface area (Å²) in [6.45, 7) is 7.76. The van der Waals surface area contributed by atoms with Gasteiger partial charge in [-0.25, -0.2) is 9.59 Å². The Kier molecular flexibility index (Phi) is 17.2. The summed E-state index contributed by atoms with van der Waals surface area (Å²) in [7, 11) is 0. The van der Waals surface area contributed by atoms with Crippen molar-refractivity contribution in [3.05, 3.63) is 71.8 Å². The van der Waals surface area contributed by atoms with Crippen LogP contribution in [0.1, 0.15) is 90.7 Å². The van der Waals surface area contributed by atoms with Crippen molar-refractivity contribution in [2.24, 2.45) is 0 Å². The summed E-state index contributed by atoms with van der Waals surface area (Å²) in [5.41, 5.74) is 0.757. The molecule has 0 bridgehead atoms. The van der Waals surface area contributed by atoms with Crippen LogP contribution < -0.4 is 21.3 Å². The second-order valence-corrected chi connectivity index (χ2v) is 14.1. The third-order valence-electron chi connectivity index (χ3n) is 8.21. The smallest absolute Gasteiger partial charge is 0.408 e. The molecule has 290 valence electrons. The van der Waals surface area contributed by atoms with Crippen LogP contribution in [0.5, 0.6) is 0 Å². The lowest BCUT2D eigenvalue weighted by Gasteiger charge is -2.26. The number of esters is 2. The summed E-state index contributed by atoms with van der Waals surface area (Å²) in [5.74, 6) is -3.37. The predicted octanol–water partition coefficient (Wildman–Crippen LogP) is 3.99. The third kappa shape index (κ3) is 16.5. The van der Waals surface area contributed by atoms with E-state index in [9.17, 15) is 28.8 Å². The minimum Gasteiger partial charge on any atom is -0.462 e. The van der Waals surface area contributed by atoms with Gasteiger partial charge >= 0.3 is 18.0 Å². The zero-order valence-corrected chi connectivity index (χ0v) is 31.3. The van der Waals surface area contributed by atoms with E-state index in [1.807, 2.05) is 48.5 Å². The molecular formula is C39H54N4O10. The van der Waals surface area contributed by atoms with Gasteiger partial charge in [-0.2, -0.15) is 0 Å². The normalized spacial score (nSPS) is 15.4. The van der Waals surface area contributed by atoms with E-state index in [1.54, 1.807) is 32.9 Å². The molecule has 2 aromatic rings. The molecule has 0 aliphatic heterocycles. The first-order valence-corrected chi connectivity index (χ1v) is 18.1. The van der Waals surface area contributed by atoms with Gasteiger partial charge in [0.25, 0.3) is 0 Å². The maximum absolute atomic E-state index is 13.4. The second-order valence-electron chi connectivity index (χ2n) is 14.1. The number of alkyl carbamates (subject to hydrolysis) is 1. The molecule has 4 N–H and O–H groups in total. The van der Waals surface area contributed by atoms with Gasteiger partial charge in [-0.3, -0.25) is 19.2 Å². The van der Waals surface area contributed by atoms with Crippen LogP contribution in [-0.2, 0) is 56.1 Å². The molecule has 0 heterocycles. The highest BCUT2D eigenvalue weighted by Crippen LogP contribution is 2.21. The molecule has 2 aromatic carbocycles. The summed E-state index contributed by atoms with van der Waals surface area (Å²) >= 11 is 0. The quantitative estimate of drug-likeness (QED) is 0.129. The van der Waals surface area contributed by atoms with Crippen LogP contribution in [0.25, 0.3) is 0 Å². The van der Waals surface area contributed by atoms with E-state index in [-0.39, 0.29) is 38.8 Å². The molecule has 14 nitrogen and oxygen atoms in total. The van der Waals surface area contributed by atoms with Crippen molar-refractivity contribution < 1.29 is 47.7 Å². The monoisotopic (exact) mass is 738 g/mol. The second kappa shape index (κ2) is 21.5. The van der Waals surface area contributed by atoms with Crippen LogP contribution in [0.4, 0.5) is 4.79 Å². The van der Waals surface area contributed by atoms with E-state index in [2.05, 4.69) is 21.3 Å². The summed E-state index contributed by atoms with van der Waals surface area (Å²) in [6, 6.07) is 13.5. The molecule has 0 unspecified atom stereocenters. The van der Waals surface area contributed by atoms with Gasteiger partial charge in [-0.15, -0.1) is 0 Å². The van der Waals surface area contributed by atoms with E-state index >= 15 is 0 Å². The molecule has 1 fully saturated rings. The van der Waals surface area contributed by atoms with Crippen LogP contribution in [0.2, 0.25) is 0 Å². The van der Waals surface area contributed by atoms with Crippen LogP contribution in [0, 0.1) is 0 Å². The van der Waals surface area contributed by atoms with Gasteiger partial charge in [0.05, 0.1) is 13.2 Å². The standard InChI is InChI=1S/C39H54N4O10/c1-26(40-35(46)31(43-38(49)53-39(3,4)5)21-22-33(44)52-30-19-13-8-14-20-30)34(45)42-32(25-50-23-28-15-9-6-10-16-28)36(47)41-27(2)37(48)51-24-29-17-11-7-12-18-29/h6-7,9-12,15-18,26-27,30-32H,8,13-14,19-25H2,1-5H3,(H,40,46)(H,41,47)(H,42,45)(H,43,49)/t26-,27-,31+,32+/m1/s1. The van der Waals surface area contributed by atoms with Crippen molar-refractivity contribution in [3.63, 3.8) is 0 Å². The fraction of sp³-hybridized carbons (Fsp3) is 0.538. The van der Waals surface area contributed by atoms with Gasteiger partial charge < -0.3 is 40.2 Å². The SMILES string of the molecule is C[C@@H](NC(=O)[C@H](CCC(=O)OC1CCCCC1)NC(=O)OC(C)(C)C)C(=O)N[C@@H](COCc1ccccc1)C(=O)N[C@H](C)C(=O)OCc1ccccc1. The predicted molar refractivity (Wildman–Crippen MR) is 195 cm³/mol. The van der Waals surface area contributed by atoms with Crippen molar-refractivity contribution in [1.82, 2.24) is 21.3 Å². The molecule has 0 spiro atoms. The van der Waals surface area contributed by atoms with Crippen molar-refractivity contribution in [2.75, 3.05) is 6.61 Å². The molecule has 0 radical (unpaired) electrons. The number of ether oxygens (including phenoxy) is 4. The summed E-state index contributed by atoms with van der Waals surface area (Å²) in [6.07, 6.45) is 3.31. The van der Waals surface area contributed by atoms with Crippen molar-refractivity contribution >= 4 is 35.8 Å². The topological polar surface area (TPSA) is 187 Å². The lowest BCUT2D eigenvalue weighted by molar-refractivity contribution is -0.151. The average molecular weight is 739 g/mol. The Balaban J connectivity index is 1.63. The van der Waals surface area contributed by atoms with Crippen molar-refractivity contribution in [2.45, 2.75) is 129 Å².